The summed E-state index contributed by atoms with van der Waals surface area (Å²) >= 11 is 0. The first-order valence-corrected chi connectivity index (χ1v) is 9.38. The molecular weight excluding hydrogens is 413 g/mol. The largest absolute Gasteiger partial charge is 0.356 e. The van der Waals surface area contributed by atoms with E-state index in [-0.39, 0.29) is 24.0 Å². The first kappa shape index (κ1) is 26.2. The SMILES string of the molecule is CCN(CC)CCCNC(=NC)NCCCN(C(C)C)C(C)C.I. The third kappa shape index (κ3) is 12.3. The molecule has 0 saturated heterocycles. The van der Waals surface area contributed by atoms with Gasteiger partial charge in [0.2, 0.25) is 0 Å². The van der Waals surface area contributed by atoms with Crippen molar-refractivity contribution >= 4 is 29.9 Å². The molecule has 24 heavy (non-hydrogen) atoms. The summed E-state index contributed by atoms with van der Waals surface area (Å²) in [6.07, 6.45) is 2.29. The molecule has 0 heterocycles. The van der Waals surface area contributed by atoms with Crippen molar-refractivity contribution in [1.29, 1.82) is 0 Å². The second kappa shape index (κ2) is 16.4. The average molecular weight is 455 g/mol. The summed E-state index contributed by atoms with van der Waals surface area (Å²) in [7, 11) is 1.84. The minimum atomic E-state index is 0. The zero-order valence-electron chi connectivity index (χ0n) is 17.1. The van der Waals surface area contributed by atoms with Crippen LogP contribution in [0.4, 0.5) is 0 Å². The van der Waals surface area contributed by atoms with E-state index in [1.807, 2.05) is 7.05 Å². The quantitative estimate of drug-likeness (QED) is 0.206. The fraction of sp³-hybridized carbons (Fsp3) is 0.944. The number of nitrogens with one attached hydrogen (secondary N) is 2. The summed E-state index contributed by atoms with van der Waals surface area (Å²) < 4.78 is 0. The highest BCUT2D eigenvalue weighted by atomic mass is 127. The lowest BCUT2D eigenvalue weighted by molar-refractivity contribution is 0.173. The summed E-state index contributed by atoms with van der Waals surface area (Å²) in [5.74, 6) is 0.921. The van der Waals surface area contributed by atoms with Crippen LogP contribution in [-0.4, -0.2) is 74.2 Å². The summed E-state index contributed by atoms with van der Waals surface area (Å²) in [4.78, 5) is 9.28. The predicted octanol–water partition coefficient (Wildman–Crippen LogP) is 3.01. The summed E-state index contributed by atoms with van der Waals surface area (Å²) in [5, 5.41) is 6.82. The minimum absolute atomic E-state index is 0. The highest BCUT2D eigenvalue weighted by Gasteiger charge is 2.12. The molecule has 0 aromatic rings. The van der Waals surface area contributed by atoms with Crippen molar-refractivity contribution in [3.05, 3.63) is 0 Å². The molecule has 0 bridgehead atoms. The maximum absolute atomic E-state index is 4.30. The van der Waals surface area contributed by atoms with Gasteiger partial charge >= 0.3 is 0 Å². The zero-order valence-corrected chi connectivity index (χ0v) is 19.4. The fourth-order valence-electron chi connectivity index (χ4n) is 2.85. The van der Waals surface area contributed by atoms with E-state index in [1.165, 1.54) is 0 Å². The van der Waals surface area contributed by atoms with E-state index in [0.717, 1.165) is 58.1 Å². The first-order chi connectivity index (χ1) is 11.0. The van der Waals surface area contributed by atoms with Gasteiger partial charge in [0, 0.05) is 38.8 Å². The summed E-state index contributed by atoms with van der Waals surface area (Å²) in [6.45, 7) is 20.0. The Bertz CT molecular complexity index is 296. The molecule has 0 amide bonds. The van der Waals surface area contributed by atoms with E-state index in [1.54, 1.807) is 0 Å². The monoisotopic (exact) mass is 455 g/mol. The van der Waals surface area contributed by atoms with E-state index in [4.69, 9.17) is 0 Å². The van der Waals surface area contributed by atoms with Crippen molar-refractivity contribution in [3.63, 3.8) is 0 Å². The Kier molecular flexibility index (Phi) is 17.9. The normalized spacial score (nSPS) is 12.2. The molecule has 0 fully saturated rings. The second-order valence-electron chi connectivity index (χ2n) is 6.59. The molecule has 0 aromatic carbocycles. The predicted molar refractivity (Wildman–Crippen MR) is 119 cm³/mol. The Morgan fingerprint density at radius 1 is 0.875 bits per heavy atom. The van der Waals surface area contributed by atoms with Gasteiger partial charge in [0.25, 0.3) is 0 Å². The van der Waals surface area contributed by atoms with Crippen LogP contribution in [-0.2, 0) is 0 Å². The van der Waals surface area contributed by atoms with Crippen LogP contribution in [0.5, 0.6) is 0 Å². The van der Waals surface area contributed by atoms with Crippen LogP contribution in [0.3, 0.4) is 0 Å². The minimum Gasteiger partial charge on any atom is -0.356 e. The van der Waals surface area contributed by atoms with Gasteiger partial charge in [-0.1, -0.05) is 13.8 Å². The number of aliphatic imine (C=N–C) groups is 1. The molecule has 5 nitrogen and oxygen atoms in total. The topological polar surface area (TPSA) is 42.9 Å². The van der Waals surface area contributed by atoms with Gasteiger partial charge < -0.3 is 15.5 Å². The third-order valence-electron chi connectivity index (χ3n) is 4.27. The number of hydrogen-bond acceptors (Lipinski definition) is 3. The molecule has 0 aliphatic carbocycles. The Morgan fingerprint density at radius 3 is 1.71 bits per heavy atom. The number of nitrogens with zero attached hydrogens (tertiary/aromatic N) is 3. The molecule has 0 aliphatic rings. The molecular formula is C18H42IN5. The van der Waals surface area contributed by atoms with Crippen molar-refractivity contribution in [3.8, 4) is 0 Å². The van der Waals surface area contributed by atoms with E-state index in [2.05, 4.69) is 67.0 Å². The molecule has 0 spiro atoms. The highest BCUT2D eigenvalue weighted by molar-refractivity contribution is 14.0. The number of halogens is 1. The number of guanidine groups is 1. The van der Waals surface area contributed by atoms with Crippen molar-refractivity contribution in [2.45, 2.75) is 66.5 Å². The second-order valence-corrected chi connectivity index (χ2v) is 6.59. The number of rotatable bonds is 12. The van der Waals surface area contributed by atoms with Gasteiger partial charge in [0.15, 0.2) is 5.96 Å². The molecule has 2 N–H and O–H groups in total. The zero-order chi connectivity index (χ0) is 17.7. The average Bonchev–Trinajstić information content (AvgIpc) is 2.51. The lowest BCUT2D eigenvalue weighted by Crippen LogP contribution is -2.41. The molecule has 0 saturated carbocycles. The third-order valence-corrected chi connectivity index (χ3v) is 4.27. The molecule has 0 radical (unpaired) electrons. The van der Waals surface area contributed by atoms with Gasteiger partial charge in [-0.15, -0.1) is 24.0 Å². The van der Waals surface area contributed by atoms with Crippen LogP contribution in [0.1, 0.15) is 54.4 Å². The van der Waals surface area contributed by atoms with Gasteiger partial charge in [-0.05, 0) is 60.2 Å². The Hall–Kier alpha value is -0.0800. The Morgan fingerprint density at radius 2 is 1.33 bits per heavy atom. The molecule has 6 heteroatoms. The standard InChI is InChI=1S/C18H41N5.HI/c1-8-22(9-2)14-10-12-20-18(19-7)21-13-11-15-23(16(3)4)17(5)6;/h16-17H,8-15H2,1-7H3,(H2,19,20,21);1H. The van der Waals surface area contributed by atoms with Gasteiger partial charge in [-0.25, -0.2) is 0 Å². The molecule has 0 aromatic heterocycles. The fourth-order valence-corrected chi connectivity index (χ4v) is 2.85. The van der Waals surface area contributed by atoms with Crippen molar-refractivity contribution < 1.29 is 0 Å². The van der Waals surface area contributed by atoms with Crippen LogP contribution in [0.25, 0.3) is 0 Å². The first-order valence-electron chi connectivity index (χ1n) is 9.38. The van der Waals surface area contributed by atoms with Crippen LogP contribution in [0, 0.1) is 0 Å². The van der Waals surface area contributed by atoms with Gasteiger partial charge in [-0.2, -0.15) is 0 Å². The summed E-state index contributed by atoms with van der Waals surface area (Å²) in [5.41, 5.74) is 0. The van der Waals surface area contributed by atoms with Crippen LogP contribution >= 0.6 is 24.0 Å². The Labute approximate surface area is 168 Å². The Balaban J connectivity index is 0. The highest BCUT2D eigenvalue weighted by Crippen LogP contribution is 2.05. The van der Waals surface area contributed by atoms with Crippen molar-refractivity contribution in [2.75, 3.05) is 46.3 Å². The summed E-state index contributed by atoms with van der Waals surface area (Å²) in [6, 6.07) is 1.21. The maximum atomic E-state index is 4.30. The molecule has 0 atom stereocenters. The van der Waals surface area contributed by atoms with E-state index in [9.17, 15) is 0 Å². The molecule has 0 unspecified atom stereocenters. The molecule has 146 valence electrons. The lowest BCUT2D eigenvalue weighted by atomic mass is 10.2. The van der Waals surface area contributed by atoms with E-state index >= 15 is 0 Å². The van der Waals surface area contributed by atoms with Crippen molar-refractivity contribution in [1.82, 2.24) is 20.4 Å². The van der Waals surface area contributed by atoms with Crippen molar-refractivity contribution in [2.24, 2.45) is 4.99 Å². The number of hydrogen-bond donors (Lipinski definition) is 2. The van der Waals surface area contributed by atoms with Crippen LogP contribution in [0.2, 0.25) is 0 Å². The molecule has 0 rings (SSSR count). The van der Waals surface area contributed by atoms with Gasteiger partial charge in [0.05, 0.1) is 0 Å². The van der Waals surface area contributed by atoms with E-state index < -0.39 is 0 Å². The maximum Gasteiger partial charge on any atom is 0.190 e. The lowest BCUT2D eigenvalue weighted by Gasteiger charge is -2.30. The van der Waals surface area contributed by atoms with Gasteiger partial charge in [0.1, 0.15) is 0 Å². The smallest absolute Gasteiger partial charge is 0.190 e. The van der Waals surface area contributed by atoms with Gasteiger partial charge in [-0.3, -0.25) is 9.89 Å². The van der Waals surface area contributed by atoms with E-state index in [0.29, 0.717) is 12.1 Å². The van der Waals surface area contributed by atoms with Crippen LogP contribution < -0.4 is 10.6 Å². The van der Waals surface area contributed by atoms with Crippen LogP contribution in [0.15, 0.2) is 4.99 Å². The molecule has 0 aliphatic heterocycles.